The van der Waals surface area contributed by atoms with E-state index in [4.69, 9.17) is 28.2 Å². The van der Waals surface area contributed by atoms with Crippen molar-refractivity contribution >= 4 is 40.6 Å². The molecule has 0 radical (unpaired) electrons. The van der Waals surface area contributed by atoms with E-state index in [1.54, 1.807) is 6.07 Å². The van der Waals surface area contributed by atoms with E-state index in [1.807, 2.05) is 12.1 Å². The van der Waals surface area contributed by atoms with Crippen LogP contribution in [0.5, 0.6) is 0 Å². The number of nitrogens with one attached hydrogen (secondary N) is 1. The van der Waals surface area contributed by atoms with Crippen LogP contribution in [0.25, 0.3) is 0 Å². The van der Waals surface area contributed by atoms with Crippen molar-refractivity contribution in [3.63, 3.8) is 0 Å². The Bertz CT molecular complexity index is 1100. The summed E-state index contributed by atoms with van der Waals surface area (Å²) in [5, 5.41) is 4.70. The molecule has 1 heterocycles. The van der Waals surface area contributed by atoms with Crippen molar-refractivity contribution in [2.45, 2.75) is 77.2 Å². The van der Waals surface area contributed by atoms with Crippen molar-refractivity contribution in [3.05, 3.63) is 33.8 Å². The standard InChI is InChI=1S/C28H34Cl2N2O2/c1-26-10-8-20-18(15-31-24-14-17(33)7-9-27(20,24)2)19(26)5-6-22(26)25(34)32-28(11-12-28)21-4-3-16(29)13-23(21)30/h3-4,13,18-20,22H,5-12,14-15H2,1-2H3,(H,32,34)/t18?,19?,20?,22-,26+,27-/m1/s1. The van der Waals surface area contributed by atoms with Gasteiger partial charge in [-0.15, -0.1) is 0 Å². The highest BCUT2D eigenvalue weighted by molar-refractivity contribution is 6.35. The maximum Gasteiger partial charge on any atom is 0.224 e. The van der Waals surface area contributed by atoms with Gasteiger partial charge in [0, 0.05) is 46.5 Å². The highest BCUT2D eigenvalue weighted by Gasteiger charge is 2.61. The van der Waals surface area contributed by atoms with Gasteiger partial charge in [-0.25, -0.2) is 0 Å². The Balaban J connectivity index is 1.23. The third kappa shape index (κ3) is 3.34. The van der Waals surface area contributed by atoms with E-state index in [0.29, 0.717) is 46.4 Å². The van der Waals surface area contributed by atoms with E-state index in [1.165, 1.54) is 0 Å². The Morgan fingerprint density at radius 2 is 1.85 bits per heavy atom. The molecule has 4 fully saturated rings. The van der Waals surface area contributed by atoms with Crippen LogP contribution >= 0.6 is 23.2 Å². The number of halogens is 2. The van der Waals surface area contributed by atoms with E-state index in [-0.39, 0.29) is 28.2 Å². The lowest BCUT2D eigenvalue weighted by Gasteiger charge is -2.56. The molecule has 4 nitrogen and oxygen atoms in total. The predicted octanol–water partition coefficient (Wildman–Crippen LogP) is 6.37. The van der Waals surface area contributed by atoms with Crippen LogP contribution in [0.2, 0.25) is 10.0 Å². The van der Waals surface area contributed by atoms with Crippen molar-refractivity contribution in [1.29, 1.82) is 0 Å². The first-order valence-corrected chi connectivity index (χ1v) is 13.7. The molecule has 0 aromatic heterocycles. The van der Waals surface area contributed by atoms with Crippen LogP contribution in [0.3, 0.4) is 0 Å². The molecular weight excluding hydrogens is 467 g/mol. The van der Waals surface area contributed by atoms with E-state index < -0.39 is 0 Å². The van der Waals surface area contributed by atoms with Crippen LogP contribution in [0, 0.1) is 34.5 Å². The number of rotatable bonds is 3. The summed E-state index contributed by atoms with van der Waals surface area (Å²) in [6.45, 7) is 5.57. The minimum Gasteiger partial charge on any atom is -0.346 e. The van der Waals surface area contributed by atoms with Crippen molar-refractivity contribution in [3.8, 4) is 0 Å². The Kier molecular flexibility index (Phi) is 5.29. The number of amides is 1. The number of carbonyl (C=O) groups is 2. The molecule has 182 valence electrons. The summed E-state index contributed by atoms with van der Waals surface area (Å²) < 4.78 is 0. The highest BCUT2D eigenvalue weighted by atomic mass is 35.5. The topological polar surface area (TPSA) is 58.5 Å². The molecule has 1 aromatic carbocycles. The van der Waals surface area contributed by atoms with Crippen molar-refractivity contribution in [2.75, 3.05) is 6.54 Å². The number of hydrogen-bond acceptors (Lipinski definition) is 3. The third-order valence-electron chi connectivity index (χ3n) is 10.6. The number of benzene rings is 1. The fourth-order valence-electron chi connectivity index (χ4n) is 8.42. The summed E-state index contributed by atoms with van der Waals surface area (Å²) in [5.41, 5.74) is 1.90. The fraction of sp³-hybridized carbons (Fsp3) is 0.679. The molecule has 0 bridgehead atoms. The molecule has 4 aliphatic carbocycles. The Morgan fingerprint density at radius 3 is 2.59 bits per heavy atom. The zero-order valence-electron chi connectivity index (χ0n) is 20.1. The lowest BCUT2D eigenvalue weighted by Crippen LogP contribution is -2.55. The smallest absolute Gasteiger partial charge is 0.224 e. The molecule has 3 unspecified atom stereocenters. The van der Waals surface area contributed by atoms with Crippen molar-refractivity contribution in [2.24, 2.45) is 39.5 Å². The maximum absolute atomic E-state index is 13.8. The number of carbonyl (C=O) groups excluding carboxylic acids is 2. The van der Waals surface area contributed by atoms with E-state index in [2.05, 4.69) is 19.2 Å². The molecular formula is C28H34Cl2N2O2. The van der Waals surface area contributed by atoms with Crippen LogP contribution in [-0.4, -0.2) is 23.9 Å². The number of hydrogen-bond donors (Lipinski definition) is 1. The second-order valence-corrected chi connectivity index (χ2v) is 13.0. The van der Waals surface area contributed by atoms with Gasteiger partial charge in [-0.05, 0) is 85.8 Å². The third-order valence-corrected chi connectivity index (χ3v) is 11.1. The average molecular weight is 501 g/mol. The summed E-state index contributed by atoms with van der Waals surface area (Å²) >= 11 is 12.6. The van der Waals surface area contributed by atoms with Crippen LogP contribution in [0.4, 0.5) is 0 Å². The number of ketones is 1. The molecule has 6 atom stereocenters. The zero-order chi connectivity index (χ0) is 23.9. The highest BCUT2D eigenvalue weighted by Crippen LogP contribution is 2.64. The molecule has 6 heteroatoms. The van der Waals surface area contributed by atoms with Gasteiger partial charge in [0.05, 0.1) is 5.54 Å². The minimum absolute atomic E-state index is 0.0129. The second-order valence-electron chi connectivity index (χ2n) is 12.2. The SMILES string of the molecule is C[C@]12CCC(=O)CC1=NCC1C2CC[C@@]2(C)C1CC[C@@H]2C(=O)NC1(c2ccc(Cl)cc2Cl)CC1. The molecule has 1 aliphatic heterocycles. The van der Waals surface area contributed by atoms with Crippen LogP contribution in [-0.2, 0) is 15.1 Å². The van der Waals surface area contributed by atoms with E-state index >= 15 is 0 Å². The molecule has 0 saturated heterocycles. The quantitative estimate of drug-likeness (QED) is 0.523. The zero-order valence-corrected chi connectivity index (χ0v) is 21.6. The lowest BCUT2D eigenvalue weighted by atomic mass is 9.49. The molecule has 34 heavy (non-hydrogen) atoms. The minimum atomic E-state index is -0.337. The largest absolute Gasteiger partial charge is 0.346 e. The Labute approximate surface area is 212 Å². The average Bonchev–Trinajstić information content (AvgIpc) is 3.46. The first-order chi connectivity index (χ1) is 16.2. The van der Waals surface area contributed by atoms with Gasteiger partial charge in [0.1, 0.15) is 5.78 Å². The van der Waals surface area contributed by atoms with E-state index in [9.17, 15) is 9.59 Å². The first-order valence-electron chi connectivity index (χ1n) is 13.0. The number of nitrogens with zero attached hydrogens (tertiary/aromatic N) is 1. The van der Waals surface area contributed by atoms with Crippen molar-refractivity contribution in [1.82, 2.24) is 5.32 Å². The molecule has 6 rings (SSSR count). The Morgan fingerprint density at radius 1 is 1.06 bits per heavy atom. The van der Waals surface area contributed by atoms with Gasteiger partial charge in [0.15, 0.2) is 0 Å². The molecule has 4 saturated carbocycles. The fourth-order valence-corrected chi connectivity index (χ4v) is 9.01. The summed E-state index contributed by atoms with van der Waals surface area (Å²) in [6, 6.07) is 5.60. The summed E-state index contributed by atoms with van der Waals surface area (Å²) in [6.07, 6.45) is 8.32. The molecule has 1 aromatic rings. The van der Waals surface area contributed by atoms with Crippen LogP contribution in [0.15, 0.2) is 23.2 Å². The summed E-state index contributed by atoms with van der Waals surface area (Å²) in [7, 11) is 0. The van der Waals surface area contributed by atoms with Gasteiger partial charge in [0.25, 0.3) is 0 Å². The van der Waals surface area contributed by atoms with E-state index in [0.717, 1.165) is 62.8 Å². The van der Waals surface area contributed by atoms with Crippen LogP contribution < -0.4 is 5.32 Å². The first kappa shape index (κ1) is 23.0. The number of fused-ring (bicyclic) bond motifs is 5. The van der Waals surface area contributed by atoms with Gasteiger partial charge in [-0.1, -0.05) is 43.1 Å². The lowest BCUT2D eigenvalue weighted by molar-refractivity contribution is -0.133. The molecule has 1 N–H and O–H groups in total. The second kappa shape index (κ2) is 7.80. The summed E-state index contributed by atoms with van der Waals surface area (Å²) in [5.74, 6) is 2.23. The summed E-state index contributed by atoms with van der Waals surface area (Å²) in [4.78, 5) is 30.9. The molecule has 0 spiro atoms. The normalized spacial score (nSPS) is 40.0. The predicted molar refractivity (Wildman–Crippen MR) is 135 cm³/mol. The van der Waals surface area contributed by atoms with Gasteiger partial charge in [-0.3, -0.25) is 14.6 Å². The maximum atomic E-state index is 13.8. The molecule has 5 aliphatic rings. The van der Waals surface area contributed by atoms with Crippen molar-refractivity contribution < 1.29 is 9.59 Å². The number of Topliss-reactive ketones (excluding diaryl/α,β-unsaturated/α-hetero) is 1. The van der Waals surface area contributed by atoms with Gasteiger partial charge in [-0.2, -0.15) is 0 Å². The van der Waals surface area contributed by atoms with Gasteiger partial charge in [0.2, 0.25) is 5.91 Å². The Hall–Kier alpha value is -1.39. The van der Waals surface area contributed by atoms with Crippen LogP contribution in [0.1, 0.15) is 77.2 Å². The molecule has 1 amide bonds. The monoisotopic (exact) mass is 500 g/mol. The number of aliphatic imine (C=N–C) groups is 1. The van der Waals surface area contributed by atoms with Gasteiger partial charge >= 0.3 is 0 Å². The van der Waals surface area contributed by atoms with Gasteiger partial charge < -0.3 is 5.32 Å².